The first-order valence-corrected chi connectivity index (χ1v) is 9.27. The van der Waals surface area contributed by atoms with Crippen LogP contribution in [-0.2, 0) is 20.0 Å². The minimum Gasteiger partial charge on any atom is -0.395 e. The molecule has 0 aliphatic rings. The molecule has 1 atom stereocenters. The molecule has 1 aromatic rings. The van der Waals surface area contributed by atoms with Crippen molar-refractivity contribution in [2.75, 3.05) is 13.7 Å². The molecule has 0 fully saturated rings. The second-order valence-corrected chi connectivity index (χ2v) is 8.43. The maximum atomic E-state index is 12.1. The predicted molar refractivity (Wildman–Crippen MR) is 78.7 cm³/mol. The molecule has 0 spiro atoms. The fraction of sp³-hybridized carbons (Fsp3) is 0.500. The summed E-state index contributed by atoms with van der Waals surface area (Å²) in [6.07, 6.45) is 0. The van der Waals surface area contributed by atoms with E-state index in [0.717, 1.165) is 0 Å². The average Bonchev–Trinajstić information content (AvgIpc) is 2.44. The van der Waals surface area contributed by atoms with E-state index >= 15 is 0 Å². The largest absolute Gasteiger partial charge is 0.395 e. The summed E-state index contributed by atoms with van der Waals surface area (Å²) >= 11 is 0. The Kier molecular flexibility index (Phi) is 5.88. The molecule has 120 valence electrons. The summed E-state index contributed by atoms with van der Waals surface area (Å²) < 4.78 is 52.0. The zero-order valence-corrected chi connectivity index (χ0v) is 13.7. The van der Waals surface area contributed by atoms with Crippen molar-refractivity contribution >= 4 is 20.0 Å². The second-order valence-electron chi connectivity index (χ2n) is 4.83. The van der Waals surface area contributed by atoms with Gasteiger partial charge in [0.1, 0.15) is 0 Å². The number of benzene rings is 1. The molecule has 0 amide bonds. The van der Waals surface area contributed by atoms with E-state index in [1.165, 1.54) is 31.3 Å². The molecule has 0 bridgehead atoms. The highest BCUT2D eigenvalue weighted by Crippen LogP contribution is 2.15. The van der Waals surface area contributed by atoms with E-state index in [9.17, 15) is 21.9 Å². The molecule has 0 aromatic heterocycles. The van der Waals surface area contributed by atoms with Crippen molar-refractivity contribution < 1.29 is 21.9 Å². The van der Waals surface area contributed by atoms with E-state index in [1.807, 2.05) is 0 Å². The molecule has 0 aliphatic carbocycles. The maximum Gasteiger partial charge on any atom is 0.240 e. The van der Waals surface area contributed by atoms with Gasteiger partial charge in [-0.05, 0) is 37.2 Å². The van der Waals surface area contributed by atoms with Gasteiger partial charge in [0.15, 0.2) is 0 Å². The third-order valence-electron chi connectivity index (χ3n) is 3.02. The van der Waals surface area contributed by atoms with Gasteiger partial charge < -0.3 is 5.11 Å². The first kappa shape index (κ1) is 18.1. The van der Waals surface area contributed by atoms with E-state index in [0.29, 0.717) is 0 Å². The Morgan fingerprint density at radius 1 is 1.00 bits per heavy atom. The van der Waals surface area contributed by atoms with Gasteiger partial charge in [-0.3, -0.25) is 0 Å². The van der Waals surface area contributed by atoms with E-state index in [4.69, 9.17) is 0 Å². The number of aliphatic hydroxyl groups is 1. The predicted octanol–water partition coefficient (Wildman–Crippen LogP) is -0.110. The molecular formula is C12H20N2O5S2. The van der Waals surface area contributed by atoms with Gasteiger partial charge in [0.05, 0.1) is 16.4 Å². The zero-order valence-electron chi connectivity index (χ0n) is 12.1. The van der Waals surface area contributed by atoms with Crippen LogP contribution in [0.1, 0.15) is 13.8 Å². The van der Waals surface area contributed by atoms with Gasteiger partial charge in [-0.15, -0.1) is 0 Å². The van der Waals surface area contributed by atoms with Crippen molar-refractivity contribution in [3.05, 3.63) is 24.3 Å². The van der Waals surface area contributed by atoms with Crippen LogP contribution < -0.4 is 9.44 Å². The Hall–Kier alpha value is -1.00. The lowest BCUT2D eigenvalue weighted by Crippen LogP contribution is -2.41. The van der Waals surface area contributed by atoms with Crippen LogP contribution in [0.25, 0.3) is 0 Å². The number of nitrogens with one attached hydrogen (secondary N) is 2. The van der Waals surface area contributed by atoms with Crippen LogP contribution in [0.3, 0.4) is 0 Å². The van der Waals surface area contributed by atoms with Crippen molar-refractivity contribution in [2.24, 2.45) is 5.92 Å². The minimum absolute atomic E-state index is 0.0217. The molecule has 0 heterocycles. The molecule has 1 aromatic carbocycles. The number of rotatable bonds is 7. The molecule has 3 N–H and O–H groups in total. The van der Waals surface area contributed by atoms with Crippen LogP contribution in [0.4, 0.5) is 0 Å². The number of hydrogen-bond donors (Lipinski definition) is 3. The van der Waals surface area contributed by atoms with Gasteiger partial charge in [0, 0.05) is 6.04 Å². The van der Waals surface area contributed by atoms with Gasteiger partial charge in [0.2, 0.25) is 20.0 Å². The van der Waals surface area contributed by atoms with Crippen LogP contribution in [0.5, 0.6) is 0 Å². The highest BCUT2D eigenvalue weighted by Gasteiger charge is 2.22. The molecule has 1 rings (SSSR count). The van der Waals surface area contributed by atoms with Gasteiger partial charge in [0.25, 0.3) is 0 Å². The molecule has 0 saturated heterocycles. The Balaban J connectivity index is 3.06. The summed E-state index contributed by atoms with van der Waals surface area (Å²) in [5.74, 6) is -0.0753. The Morgan fingerprint density at radius 3 is 1.76 bits per heavy atom. The van der Waals surface area contributed by atoms with Crippen molar-refractivity contribution in [3.63, 3.8) is 0 Å². The topological polar surface area (TPSA) is 113 Å². The zero-order chi connectivity index (χ0) is 16.3. The monoisotopic (exact) mass is 336 g/mol. The lowest BCUT2D eigenvalue weighted by atomic mass is 10.1. The highest BCUT2D eigenvalue weighted by atomic mass is 32.2. The van der Waals surface area contributed by atoms with E-state index in [1.54, 1.807) is 13.8 Å². The molecule has 0 radical (unpaired) electrons. The molecule has 21 heavy (non-hydrogen) atoms. The third-order valence-corrected chi connectivity index (χ3v) is 5.96. The second kappa shape index (κ2) is 6.84. The Labute approximate surface area is 125 Å². The maximum absolute atomic E-state index is 12.1. The quantitative estimate of drug-likeness (QED) is 0.643. The van der Waals surface area contributed by atoms with Crippen LogP contribution in [-0.4, -0.2) is 41.6 Å². The first-order chi connectivity index (χ1) is 9.64. The van der Waals surface area contributed by atoms with Gasteiger partial charge >= 0.3 is 0 Å². The number of aliphatic hydroxyl groups excluding tert-OH is 1. The summed E-state index contributed by atoms with van der Waals surface area (Å²) in [6, 6.07) is 4.24. The first-order valence-electron chi connectivity index (χ1n) is 6.31. The summed E-state index contributed by atoms with van der Waals surface area (Å²) in [7, 11) is -6.14. The van der Waals surface area contributed by atoms with E-state index in [-0.39, 0.29) is 22.3 Å². The summed E-state index contributed by atoms with van der Waals surface area (Å²) in [6.45, 7) is 3.25. The SMILES string of the molecule is CNS(=O)(=O)c1ccc(S(=O)(=O)NC(CO)C(C)C)cc1. The van der Waals surface area contributed by atoms with Crippen LogP contribution in [0, 0.1) is 5.92 Å². The van der Waals surface area contributed by atoms with Crippen LogP contribution in [0.2, 0.25) is 0 Å². The summed E-state index contributed by atoms with van der Waals surface area (Å²) in [5, 5.41) is 9.17. The average molecular weight is 336 g/mol. The Morgan fingerprint density at radius 2 is 1.43 bits per heavy atom. The van der Waals surface area contributed by atoms with Crippen molar-refractivity contribution in [3.8, 4) is 0 Å². The lowest BCUT2D eigenvalue weighted by Gasteiger charge is -2.19. The van der Waals surface area contributed by atoms with Gasteiger partial charge in [-0.1, -0.05) is 13.8 Å². The van der Waals surface area contributed by atoms with Crippen molar-refractivity contribution in [2.45, 2.75) is 29.7 Å². The number of hydrogen-bond acceptors (Lipinski definition) is 5. The fourth-order valence-corrected chi connectivity index (χ4v) is 3.67. The van der Waals surface area contributed by atoms with Crippen LogP contribution in [0.15, 0.2) is 34.1 Å². The molecule has 0 saturated carbocycles. The smallest absolute Gasteiger partial charge is 0.240 e. The minimum atomic E-state index is -3.81. The third kappa shape index (κ3) is 4.48. The highest BCUT2D eigenvalue weighted by molar-refractivity contribution is 7.90. The molecule has 9 heteroatoms. The van der Waals surface area contributed by atoms with Crippen molar-refractivity contribution in [1.29, 1.82) is 0 Å². The normalized spacial score (nSPS) is 14.3. The molecule has 7 nitrogen and oxygen atoms in total. The molecule has 1 unspecified atom stereocenters. The molecule has 0 aliphatic heterocycles. The summed E-state index contributed by atoms with van der Waals surface area (Å²) in [4.78, 5) is -0.0804. The standard InChI is InChI=1S/C12H20N2O5S2/c1-9(2)12(8-15)14-21(18,19)11-6-4-10(5-7-11)20(16,17)13-3/h4-7,9,12-15H,8H2,1-3H3. The van der Waals surface area contributed by atoms with Crippen LogP contribution >= 0.6 is 0 Å². The lowest BCUT2D eigenvalue weighted by molar-refractivity contribution is 0.227. The van der Waals surface area contributed by atoms with Gasteiger partial charge in [-0.2, -0.15) is 0 Å². The van der Waals surface area contributed by atoms with Crippen molar-refractivity contribution in [1.82, 2.24) is 9.44 Å². The molecular weight excluding hydrogens is 316 g/mol. The van der Waals surface area contributed by atoms with E-state index < -0.39 is 26.1 Å². The number of sulfonamides is 2. The fourth-order valence-electron chi connectivity index (χ4n) is 1.57. The summed E-state index contributed by atoms with van der Waals surface area (Å²) in [5.41, 5.74) is 0. The van der Waals surface area contributed by atoms with E-state index in [2.05, 4.69) is 9.44 Å². The Bertz CT molecular complexity index is 666. The van der Waals surface area contributed by atoms with Gasteiger partial charge in [-0.25, -0.2) is 26.3 Å².